The molecule has 144 valence electrons. The lowest BCUT2D eigenvalue weighted by molar-refractivity contribution is -0.138. The smallest absolute Gasteiger partial charge is 0.248 e. The Hall–Kier alpha value is -3.48. The zero-order valence-electron chi connectivity index (χ0n) is 15.7. The molecule has 2 atom stereocenters. The third-order valence-corrected chi connectivity index (χ3v) is 5.81. The summed E-state index contributed by atoms with van der Waals surface area (Å²) in [7, 11) is 0. The molecule has 7 nitrogen and oxygen atoms in total. The van der Waals surface area contributed by atoms with Crippen molar-refractivity contribution in [3.63, 3.8) is 0 Å². The van der Waals surface area contributed by atoms with Gasteiger partial charge in [-0.25, -0.2) is 14.6 Å². The Morgan fingerprint density at radius 1 is 1.03 bits per heavy atom. The van der Waals surface area contributed by atoms with Crippen LogP contribution in [-0.2, 0) is 11.2 Å². The Balaban J connectivity index is 1.44. The van der Waals surface area contributed by atoms with Crippen LogP contribution in [0.1, 0.15) is 36.6 Å². The van der Waals surface area contributed by atoms with Gasteiger partial charge in [0.15, 0.2) is 23.1 Å². The van der Waals surface area contributed by atoms with Crippen LogP contribution in [0.4, 0.5) is 0 Å². The van der Waals surface area contributed by atoms with Crippen LogP contribution in [0.3, 0.4) is 0 Å². The summed E-state index contributed by atoms with van der Waals surface area (Å²) in [5.41, 5.74) is 2.48. The van der Waals surface area contributed by atoms with Gasteiger partial charge in [-0.3, -0.25) is 4.79 Å². The Bertz CT molecular complexity index is 1180. The summed E-state index contributed by atoms with van der Waals surface area (Å²) in [5.74, 6) is 2.14. The lowest BCUT2D eigenvalue weighted by atomic mass is 10.1. The second-order valence-corrected chi connectivity index (χ2v) is 7.59. The molecule has 2 aliphatic heterocycles. The minimum atomic E-state index is -0.489. The average Bonchev–Trinajstić information content (AvgIpc) is 3.48. The van der Waals surface area contributed by atoms with E-state index < -0.39 is 6.04 Å². The first kappa shape index (κ1) is 16.5. The molecule has 0 radical (unpaired) electrons. The Morgan fingerprint density at radius 2 is 1.86 bits per heavy atom. The summed E-state index contributed by atoms with van der Waals surface area (Å²) >= 11 is 0. The first-order valence-electron chi connectivity index (χ1n) is 9.95. The molecule has 0 unspecified atom stereocenters. The molecule has 4 heterocycles. The number of fused-ring (bicyclic) bond motifs is 4. The molecule has 0 bridgehead atoms. The number of amides is 1. The molecule has 2 aliphatic rings. The molecule has 0 N–H and O–H groups in total. The van der Waals surface area contributed by atoms with E-state index in [0.717, 1.165) is 41.9 Å². The summed E-state index contributed by atoms with van der Waals surface area (Å²) < 4.78 is 7.71. The highest BCUT2D eigenvalue weighted by molar-refractivity contribution is 5.83. The highest BCUT2D eigenvalue weighted by atomic mass is 16.3. The van der Waals surface area contributed by atoms with E-state index in [1.54, 1.807) is 0 Å². The fourth-order valence-corrected chi connectivity index (χ4v) is 4.44. The second-order valence-electron chi connectivity index (χ2n) is 7.59. The van der Waals surface area contributed by atoms with Gasteiger partial charge in [0.2, 0.25) is 5.91 Å². The number of hydrogen-bond acceptors (Lipinski definition) is 5. The minimum absolute atomic E-state index is 0.00680. The van der Waals surface area contributed by atoms with Crippen LogP contribution in [0, 0.1) is 0 Å². The van der Waals surface area contributed by atoms with E-state index in [1.165, 1.54) is 0 Å². The maximum Gasteiger partial charge on any atom is 0.248 e. The van der Waals surface area contributed by atoms with Gasteiger partial charge in [-0.05, 0) is 25.0 Å². The molecular formula is C22H19N5O2. The van der Waals surface area contributed by atoms with E-state index in [-0.39, 0.29) is 11.9 Å². The first-order chi connectivity index (χ1) is 14.3. The van der Waals surface area contributed by atoms with Crippen molar-refractivity contribution in [1.82, 2.24) is 24.6 Å². The first-order valence-corrected chi connectivity index (χ1v) is 9.95. The second kappa shape index (κ2) is 6.27. The molecule has 1 fully saturated rings. The number of nitrogens with zero attached hydrogens (tertiary/aromatic N) is 5. The van der Waals surface area contributed by atoms with Crippen molar-refractivity contribution in [2.75, 3.05) is 6.54 Å². The van der Waals surface area contributed by atoms with Crippen LogP contribution in [0.5, 0.6) is 0 Å². The van der Waals surface area contributed by atoms with E-state index >= 15 is 0 Å². The molecule has 0 saturated carbocycles. The van der Waals surface area contributed by atoms with Gasteiger partial charge in [0.05, 0.1) is 12.5 Å². The molecule has 29 heavy (non-hydrogen) atoms. The van der Waals surface area contributed by atoms with Crippen LogP contribution in [0.25, 0.3) is 22.5 Å². The number of carbonyl (C=O) groups is 1. The zero-order chi connectivity index (χ0) is 19.4. The number of benzene rings is 2. The lowest BCUT2D eigenvalue weighted by Crippen LogP contribution is -2.44. The highest BCUT2D eigenvalue weighted by Crippen LogP contribution is 2.39. The predicted octanol–water partition coefficient (Wildman–Crippen LogP) is 3.55. The van der Waals surface area contributed by atoms with Crippen molar-refractivity contribution >= 4 is 17.0 Å². The third kappa shape index (κ3) is 2.57. The number of carbonyl (C=O) groups excluding carboxylic acids is 1. The van der Waals surface area contributed by atoms with Crippen LogP contribution in [-0.4, -0.2) is 37.1 Å². The molecule has 0 spiro atoms. The van der Waals surface area contributed by atoms with Crippen molar-refractivity contribution in [1.29, 1.82) is 0 Å². The van der Waals surface area contributed by atoms with Crippen molar-refractivity contribution < 1.29 is 9.21 Å². The summed E-state index contributed by atoms with van der Waals surface area (Å²) in [5, 5.41) is 4.75. The fraction of sp³-hybridized carbons (Fsp3) is 0.273. The minimum Gasteiger partial charge on any atom is -0.441 e. The lowest BCUT2D eigenvalue weighted by Gasteiger charge is -2.34. The van der Waals surface area contributed by atoms with Crippen LogP contribution in [0.15, 0.2) is 59.0 Å². The van der Waals surface area contributed by atoms with Gasteiger partial charge < -0.3 is 9.32 Å². The van der Waals surface area contributed by atoms with Crippen molar-refractivity contribution in [3.05, 3.63) is 66.3 Å². The molecule has 1 saturated heterocycles. The maximum absolute atomic E-state index is 13.3. The van der Waals surface area contributed by atoms with E-state index in [0.29, 0.717) is 18.1 Å². The van der Waals surface area contributed by atoms with Crippen LogP contribution >= 0.6 is 0 Å². The largest absolute Gasteiger partial charge is 0.441 e. The van der Waals surface area contributed by atoms with Crippen molar-refractivity contribution in [2.45, 2.75) is 31.3 Å². The molecule has 4 aromatic rings. The zero-order valence-corrected chi connectivity index (χ0v) is 15.7. The normalized spacial score (nSPS) is 20.8. The standard InChI is InChI=1S/C22H19N5O2/c28-22-17(13-19-23-15-9-4-5-11-18(15)29-19)27-21(16-10-6-12-26(16)22)24-20(25-27)14-7-2-1-3-8-14/h1-5,7-9,11,16-17H,6,10,12-13H2/t16-,17-/m1/s1. The monoisotopic (exact) mass is 385 g/mol. The molecule has 2 aromatic heterocycles. The van der Waals surface area contributed by atoms with E-state index in [4.69, 9.17) is 14.5 Å². The van der Waals surface area contributed by atoms with Crippen LogP contribution in [0.2, 0.25) is 0 Å². The summed E-state index contributed by atoms with van der Waals surface area (Å²) in [6.45, 7) is 0.765. The van der Waals surface area contributed by atoms with Gasteiger partial charge >= 0.3 is 0 Å². The Kier molecular flexibility index (Phi) is 3.56. The summed E-state index contributed by atoms with van der Waals surface area (Å²) in [4.78, 5) is 24.7. The Morgan fingerprint density at radius 3 is 2.72 bits per heavy atom. The number of hydrogen-bond donors (Lipinski definition) is 0. The maximum atomic E-state index is 13.3. The summed E-state index contributed by atoms with van der Waals surface area (Å²) in [6.07, 6.45) is 2.27. The van der Waals surface area contributed by atoms with Crippen molar-refractivity contribution in [2.24, 2.45) is 0 Å². The molecule has 7 heteroatoms. The van der Waals surface area contributed by atoms with Gasteiger partial charge in [-0.15, -0.1) is 5.10 Å². The summed E-state index contributed by atoms with van der Waals surface area (Å²) in [6, 6.07) is 17.1. The highest BCUT2D eigenvalue weighted by Gasteiger charge is 2.44. The van der Waals surface area contributed by atoms with Gasteiger partial charge in [-0.2, -0.15) is 0 Å². The van der Waals surface area contributed by atoms with E-state index in [2.05, 4.69) is 4.98 Å². The average molecular weight is 385 g/mol. The molecule has 6 rings (SSSR count). The van der Waals surface area contributed by atoms with Crippen molar-refractivity contribution in [3.8, 4) is 11.4 Å². The topological polar surface area (TPSA) is 77.0 Å². The molecule has 2 aromatic carbocycles. The SMILES string of the molecule is O=C1[C@@H](Cc2nc3ccccc3o2)n2nc(-c3ccccc3)nc2[C@H]2CCCN12. The molecule has 1 amide bonds. The molecular weight excluding hydrogens is 366 g/mol. The number of rotatable bonds is 3. The van der Waals surface area contributed by atoms with Gasteiger partial charge in [0.1, 0.15) is 11.6 Å². The fourth-order valence-electron chi connectivity index (χ4n) is 4.44. The van der Waals surface area contributed by atoms with E-state index in [1.807, 2.05) is 64.2 Å². The number of oxazole rings is 1. The van der Waals surface area contributed by atoms with Crippen LogP contribution < -0.4 is 0 Å². The van der Waals surface area contributed by atoms with Gasteiger partial charge in [0.25, 0.3) is 0 Å². The Labute approximate surface area is 167 Å². The molecule has 0 aliphatic carbocycles. The van der Waals surface area contributed by atoms with Gasteiger partial charge in [-0.1, -0.05) is 42.5 Å². The number of para-hydroxylation sites is 2. The van der Waals surface area contributed by atoms with Gasteiger partial charge in [0, 0.05) is 12.1 Å². The number of aromatic nitrogens is 4. The predicted molar refractivity (Wildman–Crippen MR) is 106 cm³/mol. The quantitative estimate of drug-likeness (QED) is 0.539. The van der Waals surface area contributed by atoms with E-state index in [9.17, 15) is 4.79 Å². The third-order valence-electron chi connectivity index (χ3n) is 5.81.